The monoisotopic (exact) mass is 392 g/mol. The number of amides is 2. The number of ether oxygens (including phenoxy) is 1. The van der Waals surface area contributed by atoms with Gasteiger partial charge in [0, 0.05) is 6.54 Å². The van der Waals surface area contributed by atoms with E-state index in [1.165, 1.54) is 0 Å². The number of nitrogens with zero attached hydrogens (tertiary/aromatic N) is 2. The van der Waals surface area contributed by atoms with Crippen molar-refractivity contribution in [2.75, 3.05) is 19.7 Å². The summed E-state index contributed by atoms with van der Waals surface area (Å²) in [7, 11) is 0. The minimum atomic E-state index is -0.318. The van der Waals surface area contributed by atoms with Crippen LogP contribution in [0.5, 0.6) is 5.75 Å². The lowest BCUT2D eigenvalue weighted by molar-refractivity contribution is -0.131. The second-order valence-electron chi connectivity index (χ2n) is 7.00. The van der Waals surface area contributed by atoms with E-state index in [2.05, 4.69) is 15.3 Å². The van der Waals surface area contributed by atoms with Crippen molar-refractivity contribution in [3.05, 3.63) is 59.9 Å². The van der Waals surface area contributed by atoms with E-state index < -0.39 is 0 Å². The predicted molar refractivity (Wildman–Crippen MR) is 110 cm³/mol. The standard InChI is InChI=1S/C22H24N4O3/c1-2-29-19-12-6-3-8-15(19)22(28)23-14-20(27)26-13-7-11-18(26)21-24-16-9-4-5-10-17(16)25-21/h3-6,8-10,12,18H,2,7,11,13-14H2,1H3,(H,23,28)(H,24,25). The van der Waals surface area contributed by atoms with E-state index in [0.717, 1.165) is 29.7 Å². The van der Waals surface area contributed by atoms with Crippen LogP contribution in [-0.2, 0) is 4.79 Å². The Kier molecular flexibility index (Phi) is 5.46. The van der Waals surface area contributed by atoms with E-state index in [0.29, 0.717) is 24.5 Å². The topological polar surface area (TPSA) is 87.3 Å². The summed E-state index contributed by atoms with van der Waals surface area (Å²) in [5, 5.41) is 2.73. The first-order chi connectivity index (χ1) is 14.2. The number of carbonyl (C=O) groups is 2. The summed E-state index contributed by atoms with van der Waals surface area (Å²) >= 11 is 0. The van der Waals surface area contributed by atoms with Gasteiger partial charge >= 0.3 is 0 Å². The number of hydrogen-bond acceptors (Lipinski definition) is 4. The first kappa shape index (κ1) is 19.0. The van der Waals surface area contributed by atoms with Gasteiger partial charge in [-0.05, 0) is 44.0 Å². The van der Waals surface area contributed by atoms with Crippen molar-refractivity contribution in [3.63, 3.8) is 0 Å². The van der Waals surface area contributed by atoms with Crippen LogP contribution < -0.4 is 10.1 Å². The highest BCUT2D eigenvalue weighted by molar-refractivity contribution is 5.98. The number of imidazole rings is 1. The van der Waals surface area contributed by atoms with Gasteiger partial charge < -0.3 is 19.9 Å². The smallest absolute Gasteiger partial charge is 0.255 e. The molecule has 0 spiro atoms. The van der Waals surface area contributed by atoms with Crippen LogP contribution >= 0.6 is 0 Å². The van der Waals surface area contributed by atoms with E-state index in [1.807, 2.05) is 37.3 Å². The van der Waals surface area contributed by atoms with Crippen LogP contribution in [0.15, 0.2) is 48.5 Å². The predicted octanol–water partition coefficient (Wildman–Crippen LogP) is 3.06. The van der Waals surface area contributed by atoms with Crippen LogP contribution in [0.2, 0.25) is 0 Å². The van der Waals surface area contributed by atoms with E-state index in [9.17, 15) is 9.59 Å². The van der Waals surface area contributed by atoms with Gasteiger partial charge in [0.05, 0.1) is 35.8 Å². The van der Waals surface area contributed by atoms with Crippen LogP contribution in [0, 0.1) is 0 Å². The third kappa shape index (κ3) is 3.94. The maximum atomic E-state index is 12.8. The maximum absolute atomic E-state index is 12.8. The zero-order valence-corrected chi connectivity index (χ0v) is 16.4. The van der Waals surface area contributed by atoms with Crippen molar-refractivity contribution >= 4 is 22.8 Å². The van der Waals surface area contributed by atoms with E-state index in [4.69, 9.17) is 4.74 Å². The van der Waals surface area contributed by atoms with Crippen molar-refractivity contribution in [2.24, 2.45) is 0 Å². The van der Waals surface area contributed by atoms with Gasteiger partial charge in [0.2, 0.25) is 5.91 Å². The van der Waals surface area contributed by atoms with Gasteiger partial charge in [-0.1, -0.05) is 24.3 Å². The lowest BCUT2D eigenvalue weighted by Crippen LogP contribution is -2.40. The average molecular weight is 392 g/mol. The van der Waals surface area contributed by atoms with Gasteiger partial charge in [-0.3, -0.25) is 9.59 Å². The van der Waals surface area contributed by atoms with Crippen LogP contribution in [0.3, 0.4) is 0 Å². The van der Waals surface area contributed by atoms with Crippen molar-refractivity contribution in [2.45, 2.75) is 25.8 Å². The third-order valence-corrected chi connectivity index (χ3v) is 5.13. The fourth-order valence-electron chi connectivity index (χ4n) is 3.77. The summed E-state index contributed by atoms with van der Waals surface area (Å²) < 4.78 is 5.50. The third-order valence-electron chi connectivity index (χ3n) is 5.13. The number of rotatable bonds is 6. The zero-order chi connectivity index (χ0) is 20.2. The first-order valence-corrected chi connectivity index (χ1v) is 9.91. The number of H-pyrrole nitrogens is 1. The van der Waals surface area contributed by atoms with Gasteiger partial charge in [0.25, 0.3) is 5.91 Å². The van der Waals surface area contributed by atoms with Crippen LogP contribution in [-0.4, -0.2) is 46.4 Å². The molecule has 2 amide bonds. The molecule has 0 radical (unpaired) electrons. The summed E-state index contributed by atoms with van der Waals surface area (Å²) in [5.74, 6) is 0.878. The molecule has 0 aliphatic carbocycles. The van der Waals surface area contributed by atoms with Gasteiger partial charge in [0.15, 0.2) is 0 Å². The molecule has 1 fully saturated rings. The Morgan fingerprint density at radius 1 is 1.21 bits per heavy atom. The van der Waals surface area contributed by atoms with Crippen molar-refractivity contribution in [3.8, 4) is 5.75 Å². The minimum Gasteiger partial charge on any atom is -0.493 e. The zero-order valence-electron chi connectivity index (χ0n) is 16.4. The molecule has 1 saturated heterocycles. The van der Waals surface area contributed by atoms with Crippen LogP contribution in [0.25, 0.3) is 11.0 Å². The SMILES string of the molecule is CCOc1ccccc1C(=O)NCC(=O)N1CCCC1c1nc2ccccc2[nH]1. The average Bonchev–Trinajstić information content (AvgIpc) is 3.39. The molecule has 1 aliphatic rings. The lowest BCUT2D eigenvalue weighted by atomic mass is 10.2. The van der Waals surface area contributed by atoms with Gasteiger partial charge in [-0.2, -0.15) is 0 Å². The number of likely N-dealkylation sites (tertiary alicyclic amines) is 1. The van der Waals surface area contributed by atoms with Crippen LogP contribution in [0.4, 0.5) is 0 Å². The Labute approximate surface area is 169 Å². The molecule has 2 N–H and O–H groups in total. The molecule has 7 nitrogen and oxygen atoms in total. The molecule has 0 bridgehead atoms. The molecule has 2 aromatic carbocycles. The highest BCUT2D eigenvalue weighted by Crippen LogP contribution is 2.31. The molecule has 3 aromatic rings. The lowest BCUT2D eigenvalue weighted by Gasteiger charge is -2.23. The molecule has 1 unspecified atom stereocenters. The van der Waals surface area contributed by atoms with E-state index in [1.54, 1.807) is 23.1 Å². The molecule has 29 heavy (non-hydrogen) atoms. The van der Waals surface area contributed by atoms with Crippen molar-refractivity contribution in [1.82, 2.24) is 20.2 Å². The van der Waals surface area contributed by atoms with Crippen LogP contribution in [0.1, 0.15) is 42.0 Å². The number of benzene rings is 2. The highest BCUT2D eigenvalue weighted by Gasteiger charge is 2.32. The number of aromatic nitrogens is 2. The van der Waals surface area contributed by atoms with E-state index >= 15 is 0 Å². The Morgan fingerprint density at radius 2 is 2.00 bits per heavy atom. The summed E-state index contributed by atoms with van der Waals surface area (Å²) in [6, 6.07) is 14.8. The molecule has 4 rings (SSSR count). The Bertz CT molecular complexity index is 997. The number of aromatic amines is 1. The summed E-state index contributed by atoms with van der Waals surface area (Å²) in [5.41, 5.74) is 2.28. The highest BCUT2D eigenvalue weighted by atomic mass is 16.5. The number of hydrogen-bond donors (Lipinski definition) is 2. The Balaban J connectivity index is 1.43. The fourth-order valence-corrected chi connectivity index (χ4v) is 3.77. The molecular formula is C22H24N4O3. The molecule has 1 aromatic heterocycles. The first-order valence-electron chi connectivity index (χ1n) is 9.91. The molecule has 1 atom stereocenters. The van der Waals surface area contributed by atoms with Crippen molar-refractivity contribution in [1.29, 1.82) is 0 Å². The maximum Gasteiger partial charge on any atom is 0.255 e. The van der Waals surface area contributed by atoms with E-state index in [-0.39, 0.29) is 24.4 Å². The van der Waals surface area contributed by atoms with Gasteiger partial charge in [-0.15, -0.1) is 0 Å². The molecule has 150 valence electrons. The molecule has 0 saturated carbocycles. The quantitative estimate of drug-likeness (QED) is 0.675. The molecule has 7 heteroatoms. The summed E-state index contributed by atoms with van der Waals surface area (Å²) in [6.45, 7) is 2.93. The van der Waals surface area contributed by atoms with Gasteiger partial charge in [-0.25, -0.2) is 4.98 Å². The van der Waals surface area contributed by atoms with Crippen molar-refractivity contribution < 1.29 is 14.3 Å². The summed E-state index contributed by atoms with van der Waals surface area (Å²) in [4.78, 5) is 35.1. The number of carbonyl (C=O) groups excluding carboxylic acids is 2. The Hall–Kier alpha value is -3.35. The normalized spacial score (nSPS) is 16.2. The Morgan fingerprint density at radius 3 is 2.83 bits per heavy atom. The fraction of sp³-hybridized carbons (Fsp3) is 0.318. The molecular weight excluding hydrogens is 368 g/mol. The number of para-hydroxylation sites is 3. The number of fused-ring (bicyclic) bond motifs is 1. The second-order valence-corrected chi connectivity index (χ2v) is 7.00. The largest absolute Gasteiger partial charge is 0.493 e. The number of nitrogens with one attached hydrogen (secondary N) is 2. The molecule has 2 heterocycles. The molecule has 1 aliphatic heterocycles. The summed E-state index contributed by atoms with van der Waals surface area (Å²) in [6.07, 6.45) is 1.77. The minimum absolute atomic E-state index is 0.0595. The second kappa shape index (κ2) is 8.34. The van der Waals surface area contributed by atoms with Gasteiger partial charge in [0.1, 0.15) is 11.6 Å².